The van der Waals surface area contributed by atoms with Crippen molar-refractivity contribution in [3.63, 3.8) is 0 Å². The lowest BCUT2D eigenvalue weighted by atomic mass is 9.99. The molecule has 15 nitrogen and oxygen atoms in total. The number of sulfonamides is 1. The number of nitrogens with zero attached hydrogens (tertiary/aromatic N) is 4. The molecule has 5 aromatic carbocycles. The second-order valence-electron chi connectivity index (χ2n) is 19.8. The number of carbonyl (C=O) groups is 1. The molecule has 3 heterocycles. The highest BCUT2D eigenvalue weighted by Gasteiger charge is 2.48. The number of halogens is 5. The molecule has 1 aromatic heterocycles. The van der Waals surface area contributed by atoms with Crippen LogP contribution in [0, 0.1) is 12.7 Å². The lowest BCUT2D eigenvalue weighted by Gasteiger charge is -2.37. The highest BCUT2D eigenvalue weighted by atomic mass is 35.5. The molecule has 8 rings (SSSR count). The van der Waals surface area contributed by atoms with E-state index in [-0.39, 0.29) is 29.3 Å². The third-order valence-corrected chi connectivity index (χ3v) is 19.5. The van der Waals surface area contributed by atoms with E-state index in [1.807, 2.05) is 70.7 Å². The Balaban J connectivity index is 0.974. The predicted molar refractivity (Wildman–Crippen MR) is 304 cm³/mol. The summed E-state index contributed by atoms with van der Waals surface area (Å²) >= 11 is 7.67. The van der Waals surface area contributed by atoms with E-state index in [2.05, 4.69) is 14.9 Å². The molecule has 2 fully saturated rings. The first-order valence-electron chi connectivity index (χ1n) is 25.5. The maximum absolute atomic E-state index is 15.8. The lowest BCUT2D eigenvalue weighted by Crippen LogP contribution is -2.46. The summed E-state index contributed by atoms with van der Waals surface area (Å²) < 4.78 is 150. The third kappa shape index (κ3) is 14.0. The van der Waals surface area contributed by atoms with Crippen molar-refractivity contribution < 1.29 is 52.3 Å². The fraction of sp³-hybridized carbons (Fsp3) is 0.364. The molecule has 2 aliphatic rings. The van der Waals surface area contributed by atoms with Crippen molar-refractivity contribution in [3.05, 3.63) is 132 Å². The van der Waals surface area contributed by atoms with Gasteiger partial charge in [0.15, 0.2) is 9.84 Å². The molecule has 0 saturated carbocycles. The van der Waals surface area contributed by atoms with Crippen molar-refractivity contribution in [2.24, 2.45) is 5.73 Å². The molecule has 79 heavy (non-hydrogen) atoms. The number of likely N-dealkylation sites (tertiary alicyclic amines) is 1. The molecule has 0 radical (unpaired) electrons. The Kier molecular flexibility index (Phi) is 18.4. The van der Waals surface area contributed by atoms with Gasteiger partial charge in [0, 0.05) is 108 Å². The highest BCUT2D eigenvalue weighted by molar-refractivity contribution is 7.99. The van der Waals surface area contributed by atoms with E-state index < -0.39 is 68.5 Å². The van der Waals surface area contributed by atoms with E-state index >= 15 is 4.39 Å². The standard InChI is InChI=1S/C55H62ClF4N7O8S4/c1-36(2)67-37(3)54(77(4,69)70)52(53(67)38-10-12-40(56)13-11-38)39-30-41(57)32-45(31-39)66-28-26-65(27-29-66)44-16-14-42(15-17-44)63-79(73,74)48-18-19-49(50(33-48)78(71,72)55(58,59)60)62-43(35-76-47-8-6-5-7-9-47)20-23-64-24-21-46(22-25-64)75-51(68)34-61/h5-19,30-33,36,43,46,62-63H,20-29,34-35,61H2,1-4H3/t43-/m1/s1. The van der Waals surface area contributed by atoms with Crippen molar-refractivity contribution in [1.29, 1.82) is 0 Å². The molecular formula is C55H62ClF4N7O8S4. The average Bonchev–Trinajstić information content (AvgIpc) is 3.99. The van der Waals surface area contributed by atoms with E-state index in [1.54, 1.807) is 37.3 Å². The van der Waals surface area contributed by atoms with Crippen LogP contribution in [0.2, 0.25) is 5.02 Å². The van der Waals surface area contributed by atoms with Gasteiger partial charge in [0.2, 0.25) is 0 Å². The van der Waals surface area contributed by atoms with Gasteiger partial charge in [0.1, 0.15) is 16.8 Å². The molecule has 424 valence electrons. The van der Waals surface area contributed by atoms with Gasteiger partial charge >= 0.3 is 11.5 Å². The molecule has 1 atom stereocenters. The van der Waals surface area contributed by atoms with Gasteiger partial charge in [0.25, 0.3) is 19.9 Å². The number of piperazine rings is 1. The number of piperidine rings is 1. The van der Waals surface area contributed by atoms with Crippen molar-refractivity contribution in [2.45, 2.75) is 83.3 Å². The summed E-state index contributed by atoms with van der Waals surface area (Å²) in [4.78, 5) is 16.9. The van der Waals surface area contributed by atoms with Crippen LogP contribution in [0.3, 0.4) is 0 Å². The number of carbonyl (C=O) groups excluding carboxylic acids is 1. The molecule has 2 aliphatic heterocycles. The number of benzene rings is 5. The Hall–Kier alpha value is -5.82. The summed E-state index contributed by atoms with van der Waals surface area (Å²) in [6.07, 6.45) is 2.36. The molecular weight excluding hydrogens is 1130 g/mol. The summed E-state index contributed by atoms with van der Waals surface area (Å²) in [5.74, 6) is -0.731. The average molecular weight is 1190 g/mol. The van der Waals surface area contributed by atoms with E-state index in [9.17, 15) is 43.2 Å². The molecule has 0 amide bonds. The van der Waals surface area contributed by atoms with Crippen LogP contribution in [0.4, 0.5) is 40.3 Å². The molecule has 0 spiro atoms. The number of anilines is 4. The van der Waals surface area contributed by atoms with E-state index in [4.69, 9.17) is 22.1 Å². The number of sulfone groups is 2. The molecule has 0 unspecified atom stereocenters. The Labute approximate surface area is 468 Å². The Morgan fingerprint density at radius 2 is 1.44 bits per heavy atom. The van der Waals surface area contributed by atoms with Gasteiger partial charge in [-0.1, -0.05) is 41.9 Å². The summed E-state index contributed by atoms with van der Waals surface area (Å²) in [6, 6.07) is 29.0. The zero-order valence-electron chi connectivity index (χ0n) is 43.8. The summed E-state index contributed by atoms with van der Waals surface area (Å²) in [6.45, 7) is 8.83. The second-order valence-corrected chi connectivity index (χ2v) is 26.9. The number of alkyl halides is 3. The van der Waals surface area contributed by atoms with Gasteiger partial charge in [0.05, 0.1) is 27.7 Å². The minimum absolute atomic E-state index is 0.0599. The van der Waals surface area contributed by atoms with Crippen LogP contribution in [-0.4, -0.2) is 123 Å². The van der Waals surface area contributed by atoms with Crippen molar-refractivity contribution in [2.75, 3.05) is 84.2 Å². The van der Waals surface area contributed by atoms with Crippen LogP contribution < -0.4 is 25.6 Å². The SMILES string of the molecule is Cc1c(S(C)(=O)=O)c(-c2cc(F)cc(N3CCN(c4ccc(NS(=O)(=O)c5ccc(N[C@H](CCN6CCC(OC(=O)CN)CC6)CSc6ccccc6)c(S(=O)(=O)C(F)(F)F)c5)cc4)CC3)c2)c(-c2ccc(Cl)cc2)n1C(C)C. The number of esters is 1. The summed E-state index contributed by atoms with van der Waals surface area (Å²) in [5, 5.41) is 3.52. The van der Waals surface area contributed by atoms with Crippen LogP contribution >= 0.6 is 23.4 Å². The number of hydrogen-bond donors (Lipinski definition) is 3. The Bertz CT molecular complexity index is 3490. The lowest BCUT2D eigenvalue weighted by molar-refractivity contribution is -0.149. The van der Waals surface area contributed by atoms with E-state index in [0.29, 0.717) is 121 Å². The van der Waals surface area contributed by atoms with Gasteiger partial charge in [-0.15, -0.1) is 11.8 Å². The van der Waals surface area contributed by atoms with Crippen molar-refractivity contribution in [1.82, 2.24) is 9.47 Å². The number of thioether (sulfide) groups is 1. The van der Waals surface area contributed by atoms with Crippen LogP contribution in [-0.2, 0) is 39.2 Å². The van der Waals surface area contributed by atoms with Crippen LogP contribution in [0.25, 0.3) is 22.4 Å². The molecule has 6 aromatic rings. The second kappa shape index (κ2) is 24.5. The van der Waals surface area contributed by atoms with Crippen LogP contribution in [0.15, 0.2) is 135 Å². The number of nitrogens with two attached hydrogens (primary N) is 1. The number of rotatable bonds is 20. The van der Waals surface area contributed by atoms with Crippen LogP contribution in [0.5, 0.6) is 0 Å². The Morgan fingerprint density at radius 3 is 2.04 bits per heavy atom. The van der Waals surface area contributed by atoms with Gasteiger partial charge in [-0.3, -0.25) is 9.52 Å². The normalized spacial score (nSPS) is 15.6. The number of hydrogen-bond acceptors (Lipinski definition) is 14. The van der Waals surface area contributed by atoms with Gasteiger partial charge in [-0.05, 0) is 136 Å². The first-order valence-corrected chi connectivity index (χ1v) is 31.7. The minimum Gasteiger partial charge on any atom is -0.461 e. The topological polar surface area (TPSA) is 193 Å². The number of aromatic nitrogens is 1. The Morgan fingerprint density at radius 1 is 0.810 bits per heavy atom. The zero-order valence-corrected chi connectivity index (χ0v) is 47.9. The van der Waals surface area contributed by atoms with Crippen molar-refractivity contribution >= 4 is 81.8 Å². The smallest absolute Gasteiger partial charge is 0.461 e. The van der Waals surface area contributed by atoms with Crippen LogP contribution in [0.1, 0.15) is 44.8 Å². The summed E-state index contributed by atoms with van der Waals surface area (Å²) in [7, 11) is -14.6. The monoisotopic (exact) mass is 1190 g/mol. The molecule has 2 saturated heterocycles. The first kappa shape index (κ1) is 59.3. The maximum atomic E-state index is 15.8. The molecule has 0 aliphatic carbocycles. The molecule has 4 N–H and O–H groups in total. The third-order valence-electron chi connectivity index (χ3n) is 13.9. The van der Waals surface area contributed by atoms with Gasteiger partial charge in [-0.25, -0.2) is 29.6 Å². The van der Waals surface area contributed by atoms with Crippen molar-refractivity contribution in [3.8, 4) is 22.4 Å². The maximum Gasteiger partial charge on any atom is 0.501 e. The van der Waals surface area contributed by atoms with E-state index in [0.717, 1.165) is 23.3 Å². The quantitative estimate of drug-likeness (QED) is 0.0371. The van der Waals surface area contributed by atoms with Gasteiger partial charge < -0.3 is 35.1 Å². The molecule has 24 heteroatoms. The number of nitrogens with one attached hydrogen (secondary N) is 2. The minimum atomic E-state index is -6.09. The van der Waals surface area contributed by atoms with E-state index in [1.165, 1.54) is 36.0 Å². The largest absolute Gasteiger partial charge is 0.501 e. The number of ether oxygens (including phenoxy) is 1. The zero-order chi connectivity index (χ0) is 57.0. The molecule has 0 bridgehead atoms. The fourth-order valence-electron chi connectivity index (χ4n) is 10.1. The first-order chi connectivity index (χ1) is 37.3. The fourth-order valence-corrected chi connectivity index (χ4v) is 14.6. The highest BCUT2D eigenvalue weighted by Crippen LogP contribution is 2.45. The predicted octanol–water partition coefficient (Wildman–Crippen LogP) is 10.3. The van der Waals surface area contributed by atoms with Gasteiger partial charge in [-0.2, -0.15) is 13.2 Å². The summed E-state index contributed by atoms with van der Waals surface area (Å²) in [5.41, 5.74) is 3.16.